The van der Waals surface area contributed by atoms with Gasteiger partial charge in [-0.3, -0.25) is 10.8 Å². The molecule has 1 aromatic heterocycles. The van der Waals surface area contributed by atoms with Crippen LogP contribution in [0.1, 0.15) is 38.9 Å². The molecule has 6 rings (SSSR count). The number of para-hydroxylation sites is 1. The molecule has 7 heteroatoms. The quantitative estimate of drug-likeness (QED) is 0.254. The highest BCUT2D eigenvalue weighted by Crippen LogP contribution is 2.39. The van der Waals surface area contributed by atoms with Crippen LogP contribution in [0.15, 0.2) is 84.9 Å². The van der Waals surface area contributed by atoms with Crippen molar-refractivity contribution in [1.29, 1.82) is 31.9 Å². The number of benzene rings is 4. The molecule has 0 bridgehead atoms. The average molecular weight is 536 g/mol. The van der Waals surface area contributed by atoms with E-state index in [0.717, 1.165) is 10.9 Å². The summed E-state index contributed by atoms with van der Waals surface area (Å²) in [5.74, 6) is 0. The maximum Gasteiger partial charge on any atom is 0.0999 e. The van der Waals surface area contributed by atoms with E-state index in [4.69, 9.17) is 15.8 Å². The Morgan fingerprint density at radius 2 is 1.24 bits per heavy atom. The lowest BCUT2D eigenvalue weighted by atomic mass is 9.82. The van der Waals surface area contributed by atoms with Crippen molar-refractivity contribution in [2.45, 2.75) is 0 Å². The van der Waals surface area contributed by atoms with Gasteiger partial charge in [0.1, 0.15) is 0 Å². The molecule has 0 radical (unpaired) electrons. The van der Waals surface area contributed by atoms with Gasteiger partial charge in [-0.05, 0) is 47.5 Å². The van der Waals surface area contributed by atoms with E-state index in [1.54, 1.807) is 30.3 Å². The van der Waals surface area contributed by atoms with Gasteiger partial charge in [0.2, 0.25) is 0 Å². The first-order valence-electron chi connectivity index (χ1n) is 12.8. The van der Waals surface area contributed by atoms with Crippen LogP contribution in [0.5, 0.6) is 0 Å². The van der Waals surface area contributed by atoms with Crippen molar-refractivity contribution >= 4 is 34.0 Å². The lowest BCUT2D eigenvalue weighted by molar-refractivity contribution is 1.36. The lowest BCUT2D eigenvalue weighted by Crippen LogP contribution is -2.21. The topological polar surface area (TPSA) is 156 Å². The maximum absolute atomic E-state index is 9.74. The maximum atomic E-state index is 9.74. The molecule has 7 nitrogen and oxygen atoms in total. The predicted octanol–water partition coefficient (Wildman–Crippen LogP) is 7.00. The largest absolute Gasteiger partial charge is 0.298 e. The summed E-state index contributed by atoms with van der Waals surface area (Å²) in [5, 5.41) is 56.9. The van der Waals surface area contributed by atoms with Crippen molar-refractivity contribution in [3.05, 3.63) is 124 Å². The second-order valence-electron chi connectivity index (χ2n) is 9.63. The Hall–Kier alpha value is -6.67. The summed E-state index contributed by atoms with van der Waals surface area (Å²) >= 11 is 0. The molecule has 0 amide bonds. The Morgan fingerprint density at radius 3 is 1.90 bits per heavy atom. The molecule has 1 aliphatic rings. The van der Waals surface area contributed by atoms with Gasteiger partial charge in [-0.15, -0.1) is 0 Å². The van der Waals surface area contributed by atoms with Gasteiger partial charge in [-0.2, -0.15) is 21.0 Å². The minimum Gasteiger partial charge on any atom is -0.298 e. The highest BCUT2D eigenvalue weighted by Gasteiger charge is 2.28. The zero-order valence-corrected chi connectivity index (χ0v) is 21.9. The number of rotatable bonds is 3. The monoisotopic (exact) mass is 535 g/mol. The van der Waals surface area contributed by atoms with Gasteiger partial charge >= 0.3 is 0 Å². The Balaban J connectivity index is 1.57. The van der Waals surface area contributed by atoms with Crippen LogP contribution >= 0.6 is 0 Å². The van der Waals surface area contributed by atoms with Gasteiger partial charge in [0.25, 0.3) is 0 Å². The number of nitrogens with one attached hydrogen (secondary N) is 2. The van der Waals surface area contributed by atoms with Gasteiger partial charge in [-0.25, -0.2) is 4.98 Å². The van der Waals surface area contributed by atoms with Crippen LogP contribution in [0.4, 0.5) is 0 Å². The van der Waals surface area contributed by atoms with Gasteiger partial charge in [0.15, 0.2) is 0 Å². The van der Waals surface area contributed by atoms with Crippen LogP contribution in [0.3, 0.4) is 0 Å². The SMILES string of the molecule is N#Cc1cccc(C2=Cc3c(-c4ccc(-c5c(C#N)cc(C#N)cc5C#N)cc4)nc4ccccc4c3C(=N)C2=N)c1. The Labute approximate surface area is 241 Å². The lowest BCUT2D eigenvalue weighted by Gasteiger charge is -2.23. The number of aromatic nitrogens is 1. The summed E-state index contributed by atoms with van der Waals surface area (Å²) in [6, 6.07) is 33.1. The minimum atomic E-state index is 0.0594. The fraction of sp³-hybridized carbons (Fsp3) is 0. The van der Waals surface area contributed by atoms with Gasteiger partial charge in [-0.1, -0.05) is 54.6 Å². The molecule has 0 fully saturated rings. The van der Waals surface area contributed by atoms with Crippen molar-refractivity contribution in [1.82, 2.24) is 4.98 Å². The van der Waals surface area contributed by atoms with E-state index >= 15 is 0 Å². The Kier molecular flexibility index (Phi) is 6.18. The number of allylic oxidation sites excluding steroid dienone is 1. The molecule has 42 heavy (non-hydrogen) atoms. The molecule has 4 aromatic carbocycles. The molecule has 1 heterocycles. The number of hydrogen-bond donors (Lipinski definition) is 2. The highest BCUT2D eigenvalue weighted by atomic mass is 14.7. The minimum absolute atomic E-state index is 0.0594. The number of pyridine rings is 1. The average Bonchev–Trinajstić information content (AvgIpc) is 3.05. The van der Waals surface area contributed by atoms with Crippen molar-refractivity contribution in [2.75, 3.05) is 0 Å². The number of nitriles is 4. The molecule has 0 atom stereocenters. The van der Waals surface area contributed by atoms with E-state index in [9.17, 15) is 21.0 Å². The summed E-state index contributed by atoms with van der Waals surface area (Å²) in [4.78, 5) is 4.97. The first kappa shape index (κ1) is 25.6. The standard InChI is InChI=1S/C35H17N7/c36-16-20-4-3-5-24(12-20)28-15-29-32(34(41)33(28)40)27-6-1-2-7-30(27)42-35(29)23-10-8-22(9-11-23)31-25(18-38)13-21(17-37)14-26(31)19-39/h1-15,40-41H. The number of hydrogen-bond acceptors (Lipinski definition) is 7. The van der Waals surface area contributed by atoms with Gasteiger partial charge < -0.3 is 0 Å². The first-order valence-corrected chi connectivity index (χ1v) is 12.8. The fourth-order valence-corrected chi connectivity index (χ4v) is 5.31. The van der Waals surface area contributed by atoms with Crippen molar-refractivity contribution in [3.8, 4) is 46.7 Å². The van der Waals surface area contributed by atoms with E-state index in [-0.39, 0.29) is 28.1 Å². The van der Waals surface area contributed by atoms with Crippen LogP contribution in [0.2, 0.25) is 0 Å². The van der Waals surface area contributed by atoms with E-state index in [1.807, 2.05) is 54.6 Å². The second kappa shape index (κ2) is 10.1. The van der Waals surface area contributed by atoms with Crippen LogP contribution < -0.4 is 0 Å². The zero-order chi connectivity index (χ0) is 29.4. The van der Waals surface area contributed by atoms with E-state index in [0.29, 0.717) is 50.2 Å². The summed E-state index contributed by atoms with van der Waals surface area (Å²) in [7, 11) is 0. The van der Waals surface area contributed by atoms with Crippen LogP contribution in [0, 0.1) is 56.1 Å². The van der Waals surface area contributed by atoms with Crippen LogP contribution in [-0.2, 0) is 0 Å². The summed E-state index contributed by atoms with van der Waals surface area (Å²) in [5.41, 5.74) is 6.92. The molecular formula is C35H17N7. The molecule has 5 aromatic rings. The number of nitrogens with zero attached hydrogens (tertiary/aromatic N) is 5. The molecule has 192 valence electrons. The molecule has 0 aliphatic heterocycles. The van der Waals surface area contributed by atoms with Crippen molar-refractivity contribution in [2.24, 2.45) is 0 Å². The summed E-state index contributed by atoms with van der Waals surface area (Å²) in [6.45, 7) is 0. The van der Waals surface area contributed by atoms with Gasteiger partial charge in [0, 0.05) is 33.2 Å². The molecule has 0 spiro atoms. The van der Waals surface area contributed by atoms with Crippen molar-refractivity contribution in [3.63, 3.8) is 0 Å². The fourth-order valence-electron chi connectivity index (χ4n) is 5.31. The van der Waals surface area contributed by atoms with E-state index < -0.39 is 0 Å². The third-order valence-corrected chi connectivity index (χ3v) is 7.25. The van der Waals surface area contributed by atoms with Crippen LogP contribution in [-0.4, -0.2) is 16.4 Å². The molecule has 1 aliphatic carbocycles. The second-order valence-corrected chi connectivity index (χ2v) is 9.63. The molecule has 2 N–H and O–H groups in total. The Morgan fingerprint density at radius 1 is 0.571 bits per heavy atom. The van der Waals surface area contributed by atoms with Crippen molar-refractivity contribution < 1.29 is 0 Å². The number of fused-ring (bicyclic) bond motifs is 3. The van der Waals surface area contributed by atoms with Crippen LogP contribution in [0.25, 0.3) is 44.9 Å². The summed E-state index contributed by atoms with van der Waals surface area (Å²) in [6.07, 6.45) is 1.86. The Bertz CT molecular complexity index is 2180. The van der Waals surface area contributed by atoms with E-state index in [2.05, 4.69) is 18.2 Å². The molecule has 0 unspecified atom stereocenters. The normalized spacial score (nSPS) is 12.0. The molecule has 0 saturated carbocycles. The highest BCUT2D eigenvalue weighted by molar-refractivity contribution is 6.64. The smallest absolute Gasteiger partial charge is 0.0999 e. The van der Waals surface area contributed by atoms with Gasteiger partial charge in [0.05, 0.1) is 69.2 Å². The molecule has 0 saturated heterocycles. The molecular weight excluding hydrogens is 518 g/mol. The first-order chi connectivity index (χ1) is 20.5. The third kappa shape index (κ3) is 4.09. The zero-order valence-electron chi connectivity index (χ0n) is 21.9. The van der Waals surface area contributed by atoms with E-state index in [1.165, 1.54) is 12.1 Å². The summed E-state index contributed by atoms with van der Waals surface area (Å²) < 4.78 is 0. The third-order valence-electron chi connectivity index (χ3n) is 7.25. The predicted molar refractivity (Wildman–Crippen MR) is 160 cm³/mol.